The highest BCUT2D eigenvalue weighted by Crippen LogP contribution is 2.09. The van der Waals surface area contributed by atoms with Gasteiger partial charge in [-0.1, -0.05) is 0 Å². The van der Waals surface area contributed by atoms with Crippen molar-refractivity contribution in [3.63, 3.8) is 0 Å². The largest absolute Gasteiger partial charge is 0.383 e. The van der Waals surface area contributed by atoms with E-state index in [9.17, 15) is 4.39 Å². The molecule has 0 aliphatic rings. The highest BCUT2D eigenvalue weighted by atomic mass is 19.1. The van der Waals surface area contributed by atoms with Crippen LogP contribution in [0.25, 0.3) is 0 Å². The maximum Gasteiger partial charge on any atom is 0.164 e. The van der Waals surface area contributed by atoms with Gasteiger partial charge in [0.15, 0.2) is 5.82 Å². The third kappa shape index (κ3) is 2.47. The third-order valence-corrected chi connectivity index (χ3v) is 1.47. The van der Waals surface area contributed by atoms with Crippen LogP contribution in [0.3, 0.4) is 0 Å². The van der Waals surface area contributed by atoms with Gasteiger partial charge in [-0.05, 0) is 19.0 Å². The van der Waals surface area contributed by atoms with E-state index in [1.165, 1.54) is 6.20 Å². The molecule has 1 aromatic rings. The van der Waals surface area contributed by atoms with E-state index in [4.69, 9.17) is 5.73 Å². The number of nitrogens with zero attached hydrogens (tertiary/aromatic N) is 1. The predicted octanol–water partition coefficient (Wildman–Crippen LogP) is 0.981. The fourth-order valence-corrected chi connectivity index (χ4v) is 0.844. The van der Waals surface area contributed by atoms with E-state index in [1.54, 1.807) is 12.3 Å². The second kappa shape index (κ2) is 4.66. The average molecular weight is 169 g/mol. The molecule has 0 saturated carbocycles. The van der Waals surface area contributed by atoms with Crippen molar-refractivity contribution >= 4 is 5.69 Å². The fraction of sp³-hybridized carbons (Fsp3) is 0.375. The Morgan fingerprint density at radius 2 is 2.42 bits per heavy atom. The first-order valence-electron chi connectivity index (χ1n) is 3.88. The number of anilines is 1. The minimum atomic E-state index is -0.325. The summed E-state index contributed by atoms with van der Waals surface area (Å²) in [5, 5.41) is 2.92. The Hall–Kier alpha value is -1.16. The Morgan fingerprint density at radius 3 is 3.08 bits per heavy atom. The molecule has 0 atom stereocenters. The standard InChI is InChI=1S/C8H12FN3/c9-7-6-11-5-2-8(7)12-4-1-3-10/h2,5-6H,1,3-4,10H2,(H,11,12). The molecule has 4 heteroatoms. The molecule has 0 bridgehead atoms. The van der Waals surface area contributed by atoms with Crippen molar-refractivity contribution in [3.8, 4) is 0 Å². The third-order valence-electron chi connectivity index (χ3n) is 1.47. The van der Waals surface area contributed by atoms with Gasteiger partial charge in [-0.3, -0.25) is 4.98 Å². The summed E-state index contributed by atoms with van der Waals surface area (Å²) in [7, 11) is 0. The van der Waals surface area contributed by atoms with Crippen molar-refractivity contribution in [2.75, 3.05) is 18.4 Å². The molecule has 0 amide bonds. The summed E-state index contributed by atoms with van der Waals surface area (Å²) >= 11 is 0. The summed E-state index contributed by atoms with van der Waals surface area (Å²) < 4.78 is 12.9. The van der Waals surface area contributed by atoms with Crippen LogP contribution in [0.2, 0.25) is 0 Å². The molecule has 1 heterocycles. The highest BCUT2D eigenvalue weighted by molar-refractivity contribution is 5.42. The first-order chi connectivity index (χ1) is 5.84. The van der Waals surface area contributed by atoms with Crippen LogP contribution in [0.1, 0.15) is 6.42 Å². The van der Waals surface area contributed by atoms with Crippen molar-refractivity contribution in [1.82, 2.24) is 4.98 Å². The second-order valence-corrected chi connectivity index (χ2v) is 2.42. The number of rotatable bonds is 4. The number of hydrogen-bond acceptors (Lipinski definition) is 3. The van der Waals surface area contributed by atoms with E-state index in [1.807, 2.05) is 0 Å². The molecule has 1 rings (SSSR count). The van der Waals surface area contributed by atoms with Crippen LogP contribution < -0.4 is 11.1 Å². The zero-order chi connectivity index (χ0) is 8.81. The number of nitrogens with two attached hydrogens (primary N) is 1. The van der Waals surface area contributed by atoms with Gasteiger partial charge in [-0.25, -0.2) is 4.39 Å². The van der Waals surface area contributed by atoms with Gasteiger partial charge in [-0.15, -0.1) is 0 Å². The Labute approximate surface area is 70.8 Å². The van der Waals surface area contributed by atoms with E-state index in [0.29, 0.717) is 18.8 Å². The van der Waals surface area contributed by atoms with Crippen LogP contribution in [0, 0.1) is 5.82 Å². The van der Waals surface area contributed by atoms with Crippen LogP contribution in [0.4, 0.5) is 10.1 Å². The predicted molar refractivity (Wildman–Crippen MR) is 46.4 cm³/mol. The first kappa shape index (κ1) is 8.93. The van der Waals surface area contributed by atoms with Crippen LogP contribution in [0.15, 0.2) is 18.5 Å². The molecule has 0 aliphatic heterocycles. The van der Waals surface area contributed by atoms with E-state index in [-0.39, 0.29) is 5.82 Å². The maximum absolute atomic E-state index is 12.9. The average Bonchev–Trinajstić information content (AvgIpc) is 2.09. The Balaban J connectivity index is 2.46. The molecular weight excluding hydrogens is 157 g/mol. The normalized spacial score (nSPS) is 9.83. The lowest BCUT2D eigenvalue weighted by Gasteiger charge is -2.04. The van der Waals surface area contributed by atoms with Crippen molar-refractivity contribution in [2.45, 2.75) is 6.42 Å². The molecule has 1 aromatic heterocycles. The number of halogens is 1. The number of nitrogens with one attached hydrogen (secondary N) is 1. The van der Waals surface area contributed by atoms with Crippen molar-refractivity contribution in [3.05, 3.63) is 24.3 Å². The Morgan fingerprint density at radius 1 is 1.58 bits per heavy atom. The molecule has 0 radical (unpaired) electrons. The first-order valence-corrected chi connectivity index (χ1v) is 3.88. The molecule has 0 saturated heterocycles. The number of aromatic nitrogens is 1. The van der Waals surface area contributed by atoms with Gasteiger partial charge in [0.2, 0.25) is 0 Å². The maximum atomic E-state index is 12.9. The number of pyridine rings is 1. The van der Waals surface area contributed by atoms with Crippen molar-refractivity contribution in [1.29, 1.82) is 0 Å². The summed E-state index contributed by atoms with van der Waals surface area (Å²) in [5.41, 5.74) is 5.77. The van der Waals surface area contributed by atoms with Gasteiger partial charge in [0, 0.05) is 12.7 Å². The summed E-state index contributed by atoms with van der Waals surface area (Å²) in [4.78, 5) is 3.63. The quantitative estimate of drug-likeness (QED) is 0.660. The minimum Gasteiger partial charge on any atom is -0.383 e. The summed E-state index contributed by atoms with van der Waals surface area (Å²) in [5.74, 6) is -0.325. The second-order valence-electron chi connectivity index (χ2n) is 2.42. The van der Waals surface area contributed by atoms with Gasteiger partial charge in [0.1, 0.15) is 0 Å². The highest BCUT2D eigenvalue weighted by Gasteiger charge is 1.97. The topological polar surface area (TPSA) is 50.9 Å². The number of hydrogen-bond donors (Lipinski definition) is 2. The molecular formula is C8H12FN3. The van der Waals surface area contributed by atoms with Gasteiger partial charge in [-0.2, -0.15) is 0 Å². The van der Waals surface area contributed by atoms with Crippen molar-refractivity contribution in [2.24, 2.45) is 5.73 Å². The summed E-state index contributed by atoms with van der Waals surface area (Å²) in [6, 6.07) is 1.60. The Bertz CT molecular complexity index is 239. The SMILES string of the molecule is NCCCNc1ccncc1F. The van der Waals surface area contributed by atoms with Gasteiger partial charge in [0.05, 0.1) is 11.9 Å². The van der Waals surface area contributed by atoms with Crippen LogP contribution in [-0.4, -0.2) is 18.1 Å². The summed E-state index contributed by atoms with van der Waals surface area (Å²) in [6.07, 6.45) is 3.57. The van der Waals surface area contributed by atoms with Gasteiger partial charge >= 0.3 is 0 Å². The van der Waals surface area contributed by atoms with E-state index in [0.717, 1.165) is 6.42 Å². The van der Waals surface area contributed by atoms with E-state index < -0.39 is 0 Å². The molecule has 0 spiro atoms. The summed E-state index contributed by atoms with van der Waals surface area (Å²) in [6.45, 7) is 1.30. The van der Waals surface area contributed by atoms with E-state index in [2.05, 4.69) is 10.3 Å². The lowest BCUT2D eigenvalue weighted by molar-refractivity contribution is 0.623. The smallest absolute Gasteiger partial charge is 0.164 e. The van der Waals surface area contributed by atoms with Crippen LogP contribution >= 0.6 is 0 Å². The van der Waals surface area contributed by atoms with Gasteiger partial charge < -0.3 is 11.1 Å². The molecule has 0 fully saturated rings. The molecule has 12 heavy (non-hydrogen) atoms. The van der Waals surface area contributed by atoms with Crippen LogP contribution in [-0.2, 0) is 0 Å². The Kier molecular flexibility index (Phi) is 3.47. The zero-order valence-corrected chi connectivity index (χ0v) is 6.76. The molecule has 3 N–H and O–H groups in total. The van der Waals surface area contributed by atoms with Crippen LogP contribution in [0.5, 0.6) is 0 Å². The minimum absolute atomic E-state index is 0.325. The molecule has 0 unspecified atom stereocenters. The van der Waals surface area contributed by atoms with Gasteiger partial charge in [0.25, 0.3) is 0 Å². The monoisotopic (exact) mass is 169 g/mol. The molecule has 66 valence electrons. The van der Waals surface area contributed by atoms with E-state index >= 15 is 0 Å². The lowest BCUT2D eigenvalue weighted by atomic mass is 10.3. The fourth-order valence-electron chi connectivity index (χ4n) is 0.844. The van der Waals surface area contributed by atoms with Crippen molar-refractivity contribution < 1.29 is 4.39 Å². The molecule has 3 nitrogen and oxygen atoms in total. The lowest BCUT2D eigenvalue weighted by Crippen LogP contribution is -2.09. The zero-order valence-electron chi connectivity index (χ0n) is 6.76. The molecule has 0 aromatic carbocycles. The molecule has 0 aliphatic carbocycles.